The fraction of sp³-hybridized carbons (Fsp3) is 1.00. The van der Waals surface area contributed by atoms with Gasteiger partial charge in [-0.2, -0.15) is 0 Å². The molecule has 3 atom stereocenters. The molecule has 1 heterocycles. The summed E-state index contributed by atoms with van der Waals surface area (Å²) in [5.74, 6) is 0.882. The van der Waals surface area contributed by atoms with Gasteiger partial charge < -0.3 is 9.64 Å². The predicted molar refractivity (Wildman–Crippen MR) is 75.7 cm³/mol. The average Bonchev–Trinajstić information content (AvgIpc) is 2.39. The van der Waals surface area contributed by atoms with Crippen LogP contribution in [0.2, 0.25) is 0 Å². The Labute approximate surface area is 114 Å². The molecular formula is C14H26BrNO. The van der Waals surface area contributed by atoms with Crippen LogP contribution < -0.4 is 0 Å². The van der Waals surface area contributed by atoms with Gasteiger partial charge in [0.2, 0.25) is 0 Å². The Bertz CT molecular complexity index is 226. The van der Waals surface area contributed by atoms with Crippen molar-refractivity contribution in [2.45, 2.75) is 62.4 Å². The molecule has 1 aliphatic carbocycles. The Morgan fingerprint density at radius 3 is 2.47 bits per heavy atom. The first-order chi connectivity index (χ1) is 8.20. The minimum atomic E-state index is 0.515. The molecule has 0 amide bonds. The summed E-state index contributed by atoms with van der Waals surface area (Å²) in [6.45, 7) is 4.88. The van der Waals surface area contributed by atoms with Crippen molar-refractivity contribution < 1.29 is 4.74 Å². The molecule has 2 rings (SSSR count). The van der Waals surface area contributed by atoms with E-state index in [1.54, 1.807) is 0 Å². The van der Waals surface area contributed by atoms with Crippen molar-refractivity contribution in [1.29, 1.82) is 0 Å². The zero-order chi connectivity index (χ0) is 12.3. The Balaban J connectivity index is 1.80. The van der Waals surface area contributed by atoms with Crippen LogP contribution in [0.4, 0.5) is 0 Å². The van der Waals surface area contributed by atoms with E-state index in [-0.39, 0.29) is 0 Å². The van der Waals surface area contributed by atoms with Gasteiger partial charge in [0, 0.05) is 18.0 Å². The van der Waals surface area contributed by atoms with Crippen molar-refractivity contribution in [3.05, 3.63) is 0 Å². The molecule has 0 bridgehead atoms. The maximum absolute atomic E-state index is 5.54. The van der Waals surface area contributed by atoms with Crippen LogP contribution in [0.25, 0.3) is 0 Å². The lowest BCUT2D eigenvalue weighted by molar-refractivity contribution is 0.0179. The van der Waals surface area contributed by atoms with E-state index in [1.807, 2.05) is 7.11 Å². The third kappa shape index (κ3) is 3.68. The molecule has 0 radical (unpaired) electrons. The molecule has 0 aromatic carbocycles. The second-order valence-corrected chi connectivity index (χ2v) is 7.17. The van der Waals surface area contributed by atoms with E-state index in [1.165, 1.54) is 51.6 Å². The molecule has 100 valence electrons. The maximum Gasteiger partial charge on any atom is 0.0586 e. The zero-order valence-electron chi connectivity index (χ0n) is 11.2. The number of hydrogen-bond donors (Lipinski definition) is 0. The van der Waals surface area contributed by atoms with Gasteiger partial charge >= 0.3 is 0 Å². The Morgan fingerprint density at radius 2 is 1.88 bits per heavy atom. The van der Waals surface area contributed by atoms with Crippen LogP contribution in [0.1, 0.15) is 45.4 Å². The first kappa shape index (κ1) is 13.8. The summed E-state index contributed by atoms with van der Waals surface area (Å²) in [5, 5.41) is 0. The smallest absolute Gasteiger partial charge is 0.0586 e. The van der Waals surface area contributed by atoms with Crippen molar-refractivity contribution in [2.24, 2.45) is 5.92 Å². The van der Waals surface area contributed by atoms with Gasteiger partial charge in [-0.25, -0.2) is 0 Å². The summed E-state index contributed by atoms with van der Waals surface area (Å²) in [5.41, 5.74) is 0. The van der Waals surface area contributed by atoms with Crippen molar-refractivity contribution in [3.63, 3.8) is 0 Å². The van der Waals surface area contributed by atoms with Crippen molar-refractivity contribution in [1.82, 2.24) is 4.90 Å². The van der Waals surface area contributed by atoms with Crippen LogP contribution in [-0.2, 0) is 4.74 Å². The molecule has 0 N–H and O–H groups in total. The Kier molecular flexibility index (Phi) is 5.31. The number of ether oxygens (including phenoxy) is 1. The number of halogens is 1. The van der Waals surface area contributed by atoms with Crippen LogP contribution in [-0.4, -0.2) is 42.1 Å². The molecule has 17 heavy (non-hydrogen) atoms. The fourth-order valence-corrected chi connectivity index (χ4v) is 3.94. The fourth-order valence-electron chi connectivity index (χ4n) is 3.41. The van der Waals surface area contributed by atoms with Gasteiger partial charge in [0.1, 0.15) is 0 Å². The van der Waals surface area contributed by atoms with Crippen molar-refractivity contribution >= 4 is 15.9 Å². The number of methoxy groups -OCH3 is 1. The van der Waals surface area contributed by atoms with Gasteiger partial charge in [0.05, 0.1) is 6.10 Å². The Morgan fingerprint density at radius 1 is 1.18 bits per heavy atom. The van der Waals surface area contributed by atoms with Crippen LogP contribution in [0, 0.1) is 5.92 Å². The second-order valence-electron chi connectivity index (χ2n) is 5.73. The summed E-state index contributed by atoms with van der Waals surface area (Å²) < 4.78 is 5.54. The van der Waals surface area contributed by atoms with E-state index in [2.05, 4.69) is 27.8 Å². The summed E-state index contributed by atoms with van der Waals surface area (Å²) in [4.78, 5) is 3.40. The molecular weight excluding hydrogens is 278 g/mol. The van der Waals surface area contributed by atoms with Gasteiger partial charge in [0.25, 0.3) is 0 Å². The van der Waals surface area contributed by atoms with Gasteiger partial charge in [-0.1, -0.05) is 22.9 Å². The molecule has 1 aliphatic heterocycles. The highest BCUT2D eigenvalue weighted by atomic mass is 79.9. The zero-order valence-corrected chi connectivity index (χ0v) is 12.8. The molecule has 2 nitrogen and oxygen atoms in total. The number of likely N-dealkylation sites (tertiary alicyclic amines) is 1. The van der Waals surface area contributed by atoms with Gasteiger partial charge in [-0.15, -0.1) is 0 Å². The average molecular weight is 304 g/mol. The molecule has 1 saturated carbocycles. The maximum atomic E-state index is 5.54. The Hall–Kier alpha value is 0.400. The predicted octanol–water partition coefficient (Wildman–Crippen LogP) is 3.44. The molecule has 3 heteroatoms. The van der Waals surface area contributed by atoms with E-state index in [4.69, 9.17) is 4.74 Å². The van der Waals surface area contributed by atoms with Gasteiger partial charge in [-0.3, -0.25) is 0 Å². The SMILES string of the molecule is COC1CCCC(N2CCC(C(C)Br)CC2)C1. The van der Waals surface area contributed by atoms with E-state index >= 15 is 0 Å². The summed E-state index contributed by atoms with van der Waals surface area (Å²) in [7, 11) is 1.87. The molecule has 0 aromatic rings. The summed E-state index contributed by atoms with van der Waals surface area (Å²) in [6, 6.07) is 0.792. The molecule has 3 unspecified atom stereocenters. The first-order valence-corrected chi connectivity index (χ1v) is 8.03. The highest BCUT2D eigenvalue weighted by molar-refractivity contribution is 9.09. The molecule has 2 aliphatic rings. The molecule has 0 aromatic heterocycles. The number of piperidine rings is 1. The third-order valence-electron chi connectivity index (χ3n) is 4.67. The quantitative estimate of drug-likeness (QED) is 0.741. The summed E-state index contributed by atoms with van der Waals surface area (Å²) in [6.07, 6.45) is 8.49. The number of rotatable bonds is 3. The third-order valence-corrected chi connectivity index (χ3v) is 5.42. The first-order valence-electron chi connectivity index (χ1n) is 7.11. The van der Waals surface area contributed by atoms with E-state index < -0.39 is 0 Å². The number of nitrogens with zero attached hydrogens (tertiary/aromatic N) is 1. The van der Waals surface area contributed by atoms with E-state index in [0.717, 1.165) is 12.0 Å². The molecule has 0 spiro atoms. The normalized spacial score (nSPS) is 34.8. The lowest BCUT2D eigenvalue weighted by Gasteiger charge is -2.41. The highest BCUT2D eigenvalue weighted by Gasteiger charge is 2.30. The highest BCUT2D eigenvalue weighted by Crippen LogP contribution is 2.30. The van der Waals surface area contributed by atoms with Crippen molar-refractivity contribution in [3.8, 4) is 0 Å². The molecule has 2 fully saturated rings. The molecule has 1 saturated heterocycles. The van der Waals surface area contributed by atoms with Crippen LogP contribution >= 0.6 is 15.9 Å². The minimum absolute atomic E-state index is 0.515. The van der Waals surface area contributed by atoms with Gasteiger partial charge in [0.15, 0.2) is 0 Å². The largest absolute Gasteiger partial charge is 0.381 e. The van der Waals surface area contributed by atoms with Crippen molar-refractivity contribution in [2.75, 3.05) is 20.2 Å². The number of hydrogen-bond acceptors (Lipinski definition) is 2. The minimum Gasteiger partial charge on any atom is -0.381 e. The monoisotopic (exact) mass is 303 g/mol. The van der Waals surface area contributed by atoms with Gasteiger partial charge in [-0.05, 0) is 57.5 Å². The van der Waals surface area contributed by atoms with Crippen LogP contribution in [0.5, 0.6) is 0 Å². The topological polar surface area (TPSA) is 12.5 Å². The standard InChI is InChI=1S/C14H26BrNO/c1-11(15)12-6-8-16(9-7-12)13-4-3-5-14(10-13)17-2/h11-14H,3-10H2,1-2H3. The van der Waals surface area contributed by atoms with E-state index in [0.29, 0.717) is 10.9 Å². The van der Waals surface area contributed by atoms with Crippen LogP contribution in [0.3, 0.4) is 0 Å². The lowest BCUT2D eigenvalue weighted by atomic mass is 9.88. The lowest BCUT2D eigenvalue weighted by Crippen LogP contribution is -2.45. The number of alkyl halides is 1. The summed E-state index contributed by atoms with van der Waals surface area (Å²) >= 11 is 3.73. The van der Waals surface area contributed by atoms with Crippen LogP contribution in [0.15, 0.2) is 0 Å². The second kappa shape index (κ2) is 6.53. The van der Waals surface area contributed by atoms with E-state index in [9.17, 15) is 0 Å².